The van der Waals surface area contributed by atoms with Crippen molar-refractivity contribution in [3.63, 3.8) is 0 Å². The van der Waals surface area contributed by atoms with Crippen LogP contribution in [0.25, 0.3) is 11.4 Å². The van der Waals surface area contributed by atoms with E-state index in [4.69, 9.17) is 4.74 Å². The maximum atomic E-state index is 12.3. The molecule has 1 fully saturated rings. The monoisotopic (exact) mass is 513 g/mol. The number of hydrogen-bond acceptors (Lipinski definition) is 6. The summed E-state index contributed by atoms with van der Waals surface area (Å²) in [6, 6.07) is 11.5. The number of thioether (sulfide) groups is 1. The fourth-order valence-corrected chi connectivity index (χ4v) is 4.53. The van der Waals surface area contributed by atoms with Gasteiger partial charge < -0.3 is 10.1 Å². The minimum absolute atomic E-state index is 0.159. The Hall–Kier alpha value is -2.65. The number of allylic oxidation sites excluding steroid dienone is 1. The zero-order chi connectivity index (χ0) is 22.3. The first-order valence-corrected chi connectivity index (χ1v) is 12.3. The lowest BCUT2D eigenvalue weighted by Crippen LogP contribution is -2.15. The molecule has 0 aliphatic heterocycles. The number of halogens is 1. The first-order chi connectivity index (χ1) is 15.6. The fourth-order valence-electron chi connectivity index (χ4n) is 3.54. The van der Waals surface area contributed by atoms with Crippen LogP contribution in [-0.2, 0) is 11.3 Å². The molecular weight excluding hydrogens is 490 g/mol. The summed E-state index contributed by atoms with van der Waals surface area (Å²) in [5.74, 6) is 2.15. The molecule has 1 aliphatic rings. The first-order valence-electron chi connectivity index (χ1n) is 10.5. The molecular formula is C23H24BrN5O2S. The molecule has 2 heterocycles. The van der Waals surface area contributed by atoms with E-state index in [-0.39, 0.29) is 11.7 Å². The van der Waals surface area contributed by atoms with Gasteiger partial charge in [0, 0.05) is 22.8 Å². The van der Waals surface area contributed by atoms with E-state index < -0.39 is 0 Å². The Bertz CT molecular complexity index is 1060. The van der Waals surface area contributed by atoms with Crippen LogP contribution in [0.4, 0.5) is 5.82 Å². The molecule has 1 saturated carbocycles. The number of nitrogens with zero attached hydrogens (tertiary/aromatic N) is 4. The Morgan fingerprint density at radius 2 is 2.00 bits per heavy atom. The first kappa shape index (κ1) is 22.5. The largest absolute Gasteiger partial charge is 0.490 e. The van der Waals surface area contributed by atoms with Crippen LogP contribution >= 0.6 is 27.7 Å². The minimum Gasteiger partial charge on any atom is -0.490 e. The van der Waals surface area contributed by atoms with Crippen molar-refractivity contribution >= 4 is 39.4 Å². The van der Waals surface area contributed by atoms with Crippen LogP contribution in [0.3, 0.4) is 0 Å². The molecule has 32 heavy (non-hydrogen) atoms. The zero-order valence-electron chi connectivity index (χ0n) is 17.5. The highest BCUT2D eigenvalue weighted by Crippen LogP contribution is 2.28. The van der Waals surface area contributed by atoms with Crippen LogP contribution in [0, 0.1) is 0 Å². The second-order valence-electron chi connectivity index (χ2n) is 7.45. The smallest absolute Gasteiger partial charge is 0.236 e. The van der Waals surface area contributed by atoms with Crippen molar-refractivity contribution in [1.82, 2.24) is 19.7 Å². The van der Waals surface area contributed by atoms with Crippen LogP contribution in [-0.4, -0.2) is 37.5 Å². The van der Waals surface area contributed by atoms with Gasteiger partial charge in [-0.15, -0.1) is 16.8 Å². The second kappa shape index (κ2) is 10.8. The third kappa shape index (κ3) is 5.77. The van der Waals surface area contributed by atoms with E-state index in [2.05, 4.69) is 43.0 Å². The Labute approximate surface area is 199 Å². The number of carbonyl (C=O) groups is 1. The van der Waals surface area contributed by atoms with Gasteiger partial charge in [-0.05, 0) is 78.0 Å². The maximum absolute atomic E-state index is 12.3. The topological polar surface area (TPSA) is 81.9 Å². The van der Waals surface area contributed by atoms with E-state index in [1.165, 1.54) is 24.6 Å². The molecule has 7 nitrogen and oxygen atoms in total. The molecule has 0 radical (unpaired) electrons. The molecule has 9 heteroatoms. The van der Waals surface area contributed by atoms with Gasteiger partial charge in [-0.25, -0.2) is 4.98 Å². The van der Waals surface area contributed by atoms with E-state index in [1.807, 2.05) is 34.9 Å². The summed E-state index contributed by atoms with van der Waals surface area (Å²) in [6.45, 7) is 4.39. The highest BCUT2D eigenvalue weighted by atomic mass is 79.9. The van der Waals surface area contributed by atoms with Crippen molar-refractivity contribution in [3.8, 4) is 17.1 Å². The van der Waals surface area contributed by atoms with Crippen LogP contribution in [0.15, 0.2) is 64.9 Å². The molecule has 3 aromatic rings. The number of hydrogen-bond donors (Lipinski definition) is 1. The Morgan fingerprint density at radius 3 is 2.69 bits per heavy atom. The Balaban J connectivity index is 1.41. The number of rotatable bonds is 9. The number of nitrogens with one attached hydrogen (secondary N) is 1. The van der Waals surface area contributed by atoms with E-state index in [9.17, 15) is 4.79 Å². The minimum atomic E-state index is -0.159. The summed E-state index contributed by atoms with van der Waals surface area (Å²) in [6.07, 6.45) is 8.49. The molecule has 0 bridgehead atoms. The summed E-state index contributed by atoms with van der Waals surface area (Å²) in [5, 5.41) is 12.1. The van der Waals surface area contributed by atoms with Gasteiger partial charge in [0.1, 0.15) is 11.6 Å². The van der Waals surface area contributed by atoms with Crippen LogP contribution in [0.1, 0.15) is 25.7 Å². The molecule has 1 amide bonds. The van der Waals surface area contributed by atoms with Crippen molar-refractivity contribution in [2.24, 2.45) is 0 Å². The Morgan fingerprint density at radius 1 is 1.22 bits per heavy atom. The van der Waals surface area contributed by atoms with Crippen LogP contribution < -0.4 is 10.1 Å². The molecule has 0 atom stereocenters. The third-order valence-corrected chi connectivity index (χ3v) is 6.51. The van der Waals surface area contributed by atoms with E-state index in [0.717, 1.165) is 34.5 Å². The second-order valence-corrected chi connectivity index (χ2v) is 9.31. The van der Waals surface area contributed by atoms with Gasteiger partial charge >= 0.3 is 0 Å². The number of anilines is 1. The number of amides is 1. The van der Waals surface area contributed by atoms with E-state index in [0.29, 0.717) is 23.6 Å². The van der Waals surface area contributed by atoms with E-state index >= 15 is 0 Å². The summed E-state index contributed by atoms with van der Waals surface area (Å²) in [5.41, 5.74) is 0.938. The molecule has 0 spiro atoms. The maximum Gasteiger partial charge on any atom is 0.236 e. The lowest BCUT2D eigenvalue weighted by molar-refractivity contribution is -0.113. The summed E-state index contributed by atoms with van der Waals surface area (Å²) in [7, 11) is 0. The van der Waals surface area contributed by atoms with E-state index in [1.54, 1.807) is 18.3 Å². The fraction of sp³-hybridized carbons (Fsp3) is 0.304. The molecule has 0 unspecified atom stereocenters. The molecule has 4 rings (SSSR count). The predicted octanol–water partition coefficient (Wildman–Crippen LogP) is 5.34. The Kier molecular flexibility index (Phi) is 7.59. The number of ether oxygens (including phenoxy) is 1. The van der Waals surface area contributed by atoms with Gasteiger partial charge in [0.25, 0.3) is 0 Å². The summed E-state index contributed by atoms with van der Waals surface area (Å²) < 4.78 is 8.86. The summed E-state index contributed by atoms with van der Waals surface area (Å²) in [4.78, 5) is 16.5. The number of pyridine rings is 1. The molecule has 2 aromatic heterocycles. The lowest BCUT2D eigenvalue weighted by atomic mass is 10.2. The highest BCUT2D eigenvalue weighted by Gasteiger charge is 2.18. The zero-order valence-corrected chi connectivity index (χ0v) is 19.9. The van der Waals surface area contributed by atoms with Crippen molar-refractivity contribution in [3.05, 3.63) is 59.7 Å². The molecule has 1 aliphatic carbocycles. The summed E-state index contributed by atoms with van der Waals surface area (Å²) >= 11 is 4.65. The van der Waals surface area contributed by atoms with Crippen molar-refractivity contribution < 1.29 is 9.53 Å². The average molecular weight is 514 g/mol. The highest BCUT2D eigenvalue weighted by molar-refractivity contribution is 9.10. The number of aromatic nitrogens is 4. The number of carbonyl (C=O) groups excluding carboxylic acids is 1. The van der Waals surface area contributed by atoms with Gasteiger partial charge in [0.2, 0.25) is 5.91 Å². The molecule has 1 aromatic carbocycles. The average Bonchev–Trinajstić information content (AvgIpc) is 3.45. The van der Waals surface area contributed by atoms with Gasteiger partial charge in [0.05, 0.1) is 11.9 Å². The molecule has 0 saturated heterocycles. The lowest BCUT2D eigenvalue weighted by Gasteiger charge is -2.13. The molecule has 1 N–H and O–H groups in total. The third-order valence-electron chi connectivity index (χ3n) is 5.07. The SMILES string of the molecule is C=CCn1c(SCC(=O)Nc2ccc(Br)cn2)nnc1-c1ccc(OC2CCCC2)cc1. The number of benzene rings is 1. The van der Waals surface area contributed by atoms with Crippen molar-refractivity contribution in [1.29, 1.82) is 0 Å². The normalized spacial score (nSPS) is 13.8. The van der Waals surface area contributed by atoms with Crippen LogP contribution in [0.5, 0.6) is 5.75 Å². The quantitative estimate of drug-likeness (QED) is 0.307. The standard InChI is InChI=1S/C23H24BrN5O2S/c1-2-13-29-22(16-7-10-19(11-8-16)31-18-5-3-4-6-18)27-28-23(29)32-15-21(30)26-20-12-9-17(24)14-25-20/h2,7-12,14,18H,1,3-6,13,15H2,(H,25,26,30). The van der Waals surface area contributed by atoms with Gasteiger partial charge in [-0.3, -0.25) is 9.36 Å². The van der Waals surface area contributed by atoms with Crippen molar-refractivity contribution in [2.45, 2.75) is 43.5 Å². The van der Waals surface area contributed by atoms with Crippen LogP contribution in [0.2, 0.25) is 0 Å². The predicted molar refractivity (Wildman–Crippen MR) is 130 cm³/mol. The van der Waals surface area contributed by atoms with Gasteiger partial charge in [0.15, 0.2) is 11.0 Å². The molecule has 166 valence electrons. The van der Waals surface area contributed by atoms with Gasteiger partial charge in [-0.2, -0.15) is 0 Å². The van der Waals surface area contributed by atoms with Crippen molar-refractivity contribution in [2.75, 3.05) is 11.1 Å². The van der Waals surface area contributed by atoms with Gasteiger partial charge in [-0.1, -0.05) is 17.8 Å².